The highest BCUT2D eigenvalue weighted by Gasteiger charge is 2.20. The fraction of sp³-hybridized carbons (Fsp3) is 0. The van der Waals surface area contributed by atoms with E-state index in [-0.39, 0.29) is 10.2 Å². The van der Waals surface area contributed by atoms with E-state index in [2.05, 4.69) is 15.0 Å². The average molecular weight is 209 g/mol. The van der Waals surface area contributed by atoms with Gasteiger partial charge in [0.05, 0.1) is 0 Å². The number of nitrogens with zero attached hydrogens (tertiary/aromatic N) is 2. The maximum Gasteiger partial charge on any atom is 0.257 e. The molecule has 0 aliphatic carbocycles. The van der Waals surface area contributed by atoms with Crippen molar-refractivity contribution in [3.63, 3.8) is 0 Å². The first-order valence-electron chi connectivity index (χ1n) is 3.87. The van der Waals surface area contributed by atoms with Crippen LogP contribution in [-0.4, -0.2) is 23.4 Å². The van der Waals surface area contributed by atoms with Crippen molar-refractivity contribution in [1.82, 2.24) is 15.0 Å². The topological polar surface area (TPSA) is 75.7 Å². The molecule has 1 N–H and O–H groups in total. The molecular weight excluding hydrogens is 202 g/mol. The number of aromatic nitrogens is 3. The molecule has 2 aromatic rings. The maximum atomic E-state index is 11.7. The van der Waals surface area contributed by atoms with E-state index in [1.54, 1.807) is 12.1 Å². The van der Waals surface area contributed by atoms with Crippen LogP contribution in [0.4, 0.5) is 0 Å². The molecule has 0 aliphatic heterocycles. The van der Waals surface area contributed by atoms with Gasteiger partial charge in [-0.05, 0) is 12.1 Å². The van der Waals surface area contributed by atoms with Crippen LogP contribution in [0.2, 0.25) is 0 Å². The Labute approximate surface area is 80.8 Å². The van der Waals surface area contributed by atoms with Gasteiger partial charge in [-0.3, -0.25) is 0 Å². The van der Waals surface area contributed by atoms with Gasteiger partial charge in [-0.15, -0.1) is 0 Å². The van der Waals surface area contributed by atoms with Crippen molar-refractivity contribution in [2.45, 2.75) is 10.2 Å². The smallest absolute Gasteiger partial charge is 0.257 e. The maximum absolute atomic E-state index is 11.7. The van der Waals surface area contributed by atoms with Crippen molar-refractivity contribution < 1.29 is 8.42 Å². The monoisotopic (exact) mass is 209 g/mol. The molecule has 0 saturated heterocycles. The minimum Gasteiger partial charge on any atom is -0.335 e. The Morgan fingerprint density at radius 3 is 2.57 bits per heavy atom. The quantitative estimate of drug-likeness (QED) is 0.787. The minimum atomic E-state index is -3.57. The molecule has 2 rings (SSSR count). The van der Waals surface area contributed by atoms with E-state index in [1.165, 1.54) is 24.7 Å². The fourth-order valence-electron chi connectivity index (χ4n) is 1.00. The number of aromatic amines is 1. The number of imidazole rings is 1. The predicted molar refractivity (Wildman–Crippen MR) is 48.3 cm³/mol. The van der Waals surface area contributed by atoms with Crippen molar-refractivity contribution >= 4 is 9.84 Å². The van der Waals surface area contributed by atoms with Crippen LogP contribution in [0, 0.1) is 0 Å². The zero-order valence-corrected chi connectivity index (χ0v) is 7.90. The Bertz CT molecular complexity index is 505. The predicted octanol–water partition coefficient (Wildman–Crippen LogP) is 0.637. The van der Waals surface area contributed by atoms with Crippen LogP contribution < -0.4 is 0 Å². The first-order chi connectivity index (χ1) is 6.71. The summed E-state index contributed by atoms with van der Waals surface area (Å²) in [6.45, 7) is 0. The van der Waals surface area contributed by atoms with Crippen LogP contribution in [0.3, 0.4) is 0 Å². The first-order valence-corrected chi connectivity index (χ1v) is 5.35. The van der Waals surface area contributed by atoms with Gasteiger partial charge in [-0.2, -0.15) is 0 Å². The Morgan fingerprint density at radius 1 is 1.14 bits per heavy atom. The van der Waals surface area contributed by atoms with Crippen molar-refractivity contribution in [2.24, 2.45) is 0 Å². The fourth-order valence-corrected chi connectivity index (χ4v) is 2.08. The molecule has 0 radical (unpaired) electrons. The number of H-pyrrole nitrogens is 1. The Morgan fingerprint density at radius 2 is 2.00 bits per heavy atom. The van der Waals surface area contributed by atoms with Gasteiger partial charge >= 0.3 is 0 Å². The van der Waals surface area contributed by atoms with Gasteiger partial charge in [-0.25, -0.2) is 18.4 Å². The number of rotatable bonds is 2. The SMILES string of the molecule is O=S(=O)(c1ccccn1)c1ncc[nH]1. The third-order valence-electron chi connectivity index (χ3n) is 1.64. The first kappa shape index (κ1) is 8.89. The molecule has 0 bridgehead atoms. The molecule has 0 unspecified atom stereocenters. The van der Waals surface area contributed by atoms with Crippen LogP contribution in [-0.2, 0) is 9.84 Å². The molecule has 0 amide bonds. The second kappa shape index (κ2) is 3.22. The summed E-state index contributed by atoms with van der Waals surface area (Å²) in [7, 11) is -3.57. The number of nitrogens with one attached hydrogen (secondary N) is 1. The molecule has 0 aromatic carbocycles. The second-order valence-electron chi connectivity index (χ2n) is 2.57. The van der Waals surface area contributed by atoms with Gasteiger partial charge in [-0.1, -0.05) is 6.07 Å². The lowest BCUT2D eigenvalue weighted by molar-refractivity contribution is 0.585. The molecule has 0 aliphatic rings. The Kier molecular flexibility index (Phi) is 2.05. The highest BCUT2D eigenvalue weighted by Crippen LogP contribution is 2.13. The summed E-state index contributed by atoms with van der Waals surface area (Å²) in [6.07, 6.45) is 4.27. The number of sulfone groups is 1. The van der Waals surface area contributed by atoms with Gasteiger partial charge < -0.3 is 4.98 Å². The van der Waals surface area contributed by atoms with Gasteiger partial charge in [0, 0.05) is 18.6 Å². The highest BCUT2D eigenvalue weighted by atomic mass is 32.2. The van der Waals surface area contributed by atoms with E-state index < -0.39 is 9.84 Å². The Balaban J connectivity index is 2.55. The largest absolute Gasteiger partial charge is 0.335 e. The second-order valence-corrected chi connectivity index (χ2v) is 4.38. The van der Waals surface area contributed by atoms with Crippen molar-refractivity contribution in [2.75, 3.05) is 0 Å². The molecule has 0 spiro atoms. The van der Waals surface area contributed by atoms with E-state index in [1.807, 2.05) is 0 Å². The van der Waals surface area contributed by atoms with E-state index in [9.17, 15) is 8.42 Å². The minimum absolute atomic E-state index is 0.00468. The van der Waals surface area contributed by atoms with Gasteiger partial charge in [0.25, 0.3) is 9.84 Å². The third kappa shape index (κ3) is 1.39. The van der Waals surface area contributed by atoms with E-state index >= 15 is 0 Å². The van der Waals surface area contributed by atoms with Crippen molar-refractivity contribution in [1.29, 1.82) is 0 Å². The van der Waals surface area contributed by atoms with Crippen LogP contribution in [0.5, 0.6) is 0 Å². The van der Waals surface area contributed by atoms with E-state index in [0.717, 1.165) is 0 Å². The van der Waals surface area contributed by atoms with Crippen LogP contribution in [0.15, 0.2) is 47.0 Å². The van der Waals surface area contributed by atoms with Gasteiger partial charge in [0.2, 0.25) is 5.16 Å². The van der Waals surface area contributed by atoms with Crippen LogP contribution in [0.25, 0.3) is 0 Å². The van der Waals surface area contributed by atoms with E-state index in [4.69, 9.17) is 0 Å². The van der Waals surface area contributed by atoms with Gasteiger partial charge in [0.1, 0.15) is 0 Å². The number of hydrogen-bond acceptors (Lipinski definition) is 4. The normalized spacial score (nSPS) is 11.4. The molecular formula is C8H7N3O2S. The number of pyridine rings is 1. The lowest BCUT2D eigenvalue weighted by atomic mass is 10.5. The van der Waals surface area contributed by atoms with Crippen molar-refractivity contribution in [3.05, 3.63) is 36.8 Å². The molecule has 2 heterocycles. The summed E-state index contributed by atoms with van der Waals surface area (Å²) in [5.41, 5.74) is 0. The zero-order chi connectivity index (χ0) is 10.0. The summed E-state index contributed by atoms with van der Waals surface area (Å²) in [6, 6.07) is 4.70. The molecule has 6 heteroatoms. The highest BCUT2D eigenvalue weighted by molar-refractivity contribution is 7.91. The summed E-state index contributed by atoms with van der Waals surface area (Å²) in [5.74, 6) is 0. The lowest BCUT2D eigenvalue weighted by Crippen LogP contribution is -2.05. The Hall–Kier alpha value is -1.69. The molecule has 14 heavy (non-hydrogen) atoms. The average Bonchev–Trinajstić information content (AvgIpc) is 2.72. The summed E-state index contributed by atoms with van der Waals surface area (Å²) < 4.78 is 23.5. The van der Waals surface area contributed by atoms with Gasteiger partial charge in [0.15, 0.2) is 5.03 Å². The lowest BCUT2D eigenvalue weighted by Gasteiger charge is -1.97. The van der Waals surface area contributed by atoms with Crippen LogP contribution in [0.1, 0.15) is 0 Å². The summed E-state index contributed by atoms with van der Waals surface area (Å²) in [4.78, 5) is 9.98. The molecule has 0 atom stereocenters. The summed E-state index contributed by atoms with van der Waals surface area (Å²) >= 11 is 0. The van der Waals surface area contributed by atoms with Crippen molar-refractivity contribution in [3.8, 4) is 0 Å². The zero-order valence-electron chi connectivity index (χ0n) is 7.08. The molecule has 2 aromatic heterocycles. The van der Waals surface area contributed by atoms with E-state index in [0.29, 0.717) is 0 Å². The number of hydrogen-bond donors (Lipinski definition) is 1. The standard InChI is InChI=1S/C8H7N3O2S/c12-14(13,8-10-5-6-11-8)7-3-1-2-4-9-7/h1-6H,(H,10,11). The summed E-state index contributed by atoms with van der Waals surface area (Å²) in [5, 5.41) is -0.0915. The molecule has 0 saturated carbocycles. The molecule has 72 valence electrons. The molecule has 5 nitrogen and oxygen atoms in total. The molecule has 0 fully saturated rings. The van der Waals surface area contributed by atoms with Crippen LogP contribution >= 0.6 is 0 Å². The third-order valence-corrected chi connectivity index (χ3v) is 3.17.